The Morgan fingerprint density at radius 3 is 1.57 bits per heavy atom. The van der Waals surface area contributed by atoms with Crippen LogP contribution >= 0.6 is 0 Å². The van der Waals surface area contributed by atoms with E-state index in [1.165, 1.54) is 30.3 Å². The van der Waals surface area contributed by atoms with E-state index < -0.39 is 34.7 Å². The van der Waals surface area contributed by atoms with Crippen LogP contribution in [0.2, 0.25) is 0 Å². The molecule has 8 heteroatoms. The first-order valence-electron chi connectivity index (χ1n) is 9.06. The summed E-state index contributed by atoms with van der Waals surface area (Å²) in [5.41, 5.74) is -1.01. The van der Waals surface area contributed by atoms with Crippen molar-refractivity contribution >= 4 is 23.9 Å². The highest BCUT2D eigenvalue weighted by atomic mass is 16.4. The number of hydrogen-bond acceptors (Lipinski definition) is 4. The summed E-state index contributed by atoms with van der Waals surface area (Å²) in [6, 6.07) is 6.74. The quantitative estimate of drug-likeness (QED) is 0.583. The van der Waals surface area contributed by atoms with E-state index in [0.29, 0.717) is 23.1 Å². The van der Waals surface area contributed by atoms with Crippen molar-refractivity contribution < 1.29 is 39.6 Å². The molecule has 0 saturated carbocycles. The van der Waals surface area contributed by atoms with Gasteiger partial charge >= 0.3 is 23.9 Å². The number of carboxylic acid groups (broad SMARTS) is 4. The predicted octanol–water partition coefficient (Wildman–Crippen LogP) is 3.47. The Hall–Kier alpha value is -3.68. The lowest BCUT2D eigenvalue weighted by Crippen LogP contribution is -2.24. The zero-order chi connectivity index (χ0) is 22.6. The van der Waals surface area contributed by atoms with Crippen LogP contribution in [0.1, 0.15) is 85.3 Å². The summed E-state index contributed by atoms with van der Waals surface area (Å²) in [6.45, 7) is 5.60. The Bertz CT molecular complexity index is 1130. The molecule has 2 aromatic rings. The lowest BCUT2D eigenvalue weighted by Gasteiger charge is -2.29. The summed E-state index contributed by atoms with van der Waals surface area (Å²) in [4.78, 5) is 46.3. The van der Waals surface area contributed by atoms with Gasteiger partial charge in [-0.05, 0) is 52.8 Å². The number of hydrogen-bond donors (Lipinski definition) is 4. The Morgan fingerprint density at radius 2 is 1.10 bits per heavy atom. The van der Waals surface area contributed by atoms with Crippen molar-refractivity contribution in [3.05, 3.63) is 69.3 Å². The van der Waals surface area contributed by atoms with Crippen LogP contribution in [0, 0.1) is 0 Å². The fourth-order valence-electron chi connectivity index (χ4n) is 4.55. The minimum absolute atomic E-state index is 0.314. The Balaban J connectivity index is 2.32. The molecule has 156 valence electrons. The third kappa shape index (κ3) is 3.10. The molecule has 0 heterocycles. The Kier molecular flexibility index (Phi) is 4.69. The van der Waals surface area contributed by atoms with Crippen LogP contribution < -0.4 is 0 Å². The van der Waals surface area contributed by atoms with Crippen molar-refractivity contribution in [3.63, 3.8) is 0 Å². The van der Waals surface area contributed by atoms with E-state index in [-0.39, 0.29) is 22.3 Å². The summed E-state index contributed by atoms with van der Waals surface area (Å²) in [7, 11) is 0. The summed E-state index contributed by atoms with van der Waals surface area (Å²) in [5.74, 6) is -5.48. The molecule has 0 saturated heterocycles. The van der Waals surface area contributed by atoms with Gasteiger partial charge in [-0.15, -0.1) is 0 Å². The second-order valence-corrected chi connectivity index (χ2v) is 8.32. The molecule has 1 aliphatic rings. The number of carboxylic acids is 4. The molecule has 3 rings (SSSR count). The topological polar surface area (TPSA) is 149 Å². The van der Waals surface area contributed by atoms with Crippen LogP contribution in [0.3, 0.4) is 0 Å². The van der Waals surface area contributed by atoms with Crippen LogP contribution in [0.25, 0.3) is 0 Å². The van der Waals surface area contributed by atoms with Gasteiger partial charge in [0.1, 0.15) is 0 Å². The molecule has 1 aliphatic carbocycles. The first-order valence-corrected chi connectivity index (χ1v) is 9.06. The first kappa shape index (κ1) is 21.0. The van der Waals surface area contributed by atoms with Crippen LogP contribution in [0.4, 0.5) is 0 Å². The third-order valence-corrected chi connectivity index (χ3v) is 5.86. The lowest BCUT2D eigenvalue weighted by atomic mass is 9.74. The maximum Gasteiger partial charge on any atom is 0.336 e. The molecule has 2 aromatic carbocycles. The van der Waals surface area contributed by atoms with Crippen molar-refractivity contribution in [1.29, 1.82) is 0 Å². The van der Waals surface area contributed by atoms with Crippen LogP contribution in [-0.2, 0) is 10.8 Å². The molecule has 8 nitrogen and oxygen atoms in total. The van der Waals surface area contributed by atoms with Crippen molar-refractivity contribution in [2.24, 2.45) is 0 Å². The second-order valence-electron chi connectivity index (χ2n) is 8.32. The van der Waals surface area contributed by atoms with Gasteiger partial charge in [-0.25, -0.2) is 19.2 Å². The molecular formula is C22H20O8. The number of rotatable bonds is 5. The molecule has 0 bridgehead atoms. The maximum atomic E-state index is 11.7. The summed E-state index contributed by atoms with van der Waals surface area (Å²) in [6.07, 6.45) is 0.447. The number of aromatic carboxylic acids is 4. The fourth-order valence-corrected chi connectivity index (χ4v) is 4.55. The molecular weight excluding hydrogens is 392 g/mol. The van der Waals surface area contributed by atoms with Gasteiger partial charge in [-0.1, -0.05) is 26.8 Å². The average molecular weight is 412 g/mol. The smallest absolute Gasteiger partial charge is 0.336 e. The zero-order valence-corrected chi connectivity index (χ0v) is 16.5. The highest BCUT2D eigenvalue weighted by Gasteiger charge is 2.47. The average Bonchev–Trinajstić information content (AvgIpc) is 2.86. The van der Waals surface area contributed by atoms with Gasteiger partial charge in [-0.3, -0.25) is 0 Å². The van der Waals surface area contributed by atoms with E-state index in [9.17, 15) is 39.6 Å². The highest BCUT2D eigenvalue weighted by Crippen LogP contribution is 2.53. The van der Waals surface area contributed by atoms with E-state index in [1.54, 1.807) is 0 Å². The molecule has 4 N–H and O–H groups in total. The van der Waals surface area contributed by atoms with Gasteiger partial charge < -0.3 is 20.4 Å². The molecule has 0 aliphatic heterocycles. The molecule has 30 heavy (non-hydrogen) atoms. The second kappa shape index (κ2) is 6.69. The molecule has 0 aromatic heterocycles. The Morgan fingerprint density at radius 1 is 0.667 bits per heavy atom. The van der Waals surface area contributed by atoms with E-state index in [1.807, 2.05) is 20.8 Å². The zero-order valence-electron chi connectivity index (χ0n) is 16.5. The van der Waals surface area contributed by atoms with Gasteiger partial charge in [0.25, 0.3) is 0 Å². The van der Waals surface area contributed by atoms with Crippen molar-refractivity contribution in [2.75, 3.05) is 0 Å². The van der Waals surface area contributed by atoms with Crippen LogP contribution in [0.5, 0.6) is 0 Å². The monoisotopic (exact) mass is 412 g/mol. The normalized spacial score (nSPS) is 19.2. The molecule has 0 radical (unpaired) electrons. The van der Waals surface area contributed by atoms with Crippen molar-refractivity contribution in [3.8, 4) is 0 Å². The molecule has 0 spiro atoms. The summed E-state index contributed by atoms with van der Waals surface area (Å²) in [5, 5.41) is 37.7. The largest absolute Gasteiger partial charge is 0.478 e. The summed E-state index contributed by atoms with van der Waals surface area (Å²) >= 11 is 0. The van der Waals surface area contributed by atoms with Gasteiger partial charge in [0.2, 0.25) is 0 Å². The molecule has 0 amide bonds. The first-order chi connectivity index (χ1) is 13.8. The SMILES string of the molecule is CC1(C)CC(C)(c2ccc(C(=O)O)c(C(=O)O)c2)c2cc(C(=O)O)c(C(=O)O)cc21. The van der Waals surface area contributed by atoms with Gasteiger partial charge in [0, 0.05) is 5.41 Å². The van der Waals surface area contributed by atoms with E-state index in [4.69, 9.17) is 0 Å². The molecule has 1 atom stereocenters. The minimum atomic E-state index is -1.39. The molecule has 0 fully saturated rings. The highest BCUT2D eigenvalue weighted by molar-refractivity contribution is 6.03. The van der Waals surface area contributed by atoms with Crippen molar-refractivity contribution in [2.45, 2.75) is 38.0 Å². The Labute approximate surface area is 171 Å². The molecule has 1 unspecified atom stereocenters. The number of benzene rings is 2. The third-order valence-electron chi connectivity index (χ3n) is 5.86. The van der Waals surface area contributed by atoms with E-state index in [2.05, 4.69) is 0 Å². The lowest BCUT2D eigenvalue weighted by molar-refractivity contribution is 0.0651. The standard InChI is InChI=1S/C22H20O8/c1-21(2)9-22(3,10-4-5-11(17(23)24)12(6-10)18(25)26)16-8-14(20(29)30)13(19(27)28)7-15(16)21/h4-8H,9H2,1-3H3,(H,23,24)(H,25,26)(H,27,28)(H,29,30). The summed E-state index contributed by atoms with van der Waals surface area (Å²) < 4.78 is 0. The maximum absolute atomic E-state index is 11.7. The van der Waals surface area contributed by atoms with Gasteiger partial charge in [-0.2, -0.15) is 0 Å². The number of carbonyl (C=O) groups is 4. The minimum Gasteiger partial charge on any atom is -0.478 e. The van der Waals surface area contributed by atoms with E-state index in [0.717, 1.165) is 0 Å². The van der Waals surface area contributed by atoms with Crippen LogP contribution in [-0.4, -0.2) is 44.3 Å². The van der Waals surface area contributed by atoms with Gasteiger partial charge in [0.05, 0.1) is 22.3 Å². The predicted molar refractivity (Wildman–Crippen MR) is 105 cm³/mol. The number of fused-ring (bicyclic) bond motifs is 1. The van der Waals surface area contributed by atoms with Crippen molar-refractivity contribution in [1.82, 2.24) is 0 Å². The van der Waals surface area contributed by atoms with E-state index >= 15 is 0 Å². The van der Waals surface area contributed by atoms with Gasteiger partial charge in [0.15, 0.2) is 0 Å². The van der Waals surface area contributed by atoms with Crippen LogP contribution in [0.15, 0.2) is 30.3 Å². The fraction of sp³-hybridized carbons (Fsp3) is 0.273.